The Morgan fingerprint density at radius 2 is 2.08 bits per heavy atom. The Balaban J connectivity index is 1.83. The maximum Gasteiger partial charge on any atom is 0.257 e. The van der Waals surface area contributed by atoms with E-state index in [0.717, 1.165) is 18.4 Å². The summed E-state index contributed by atoms with van der Waals surface area (Å²) in [6.07, 6.45) is 13.0. The van der Waals surface area contributed by atoms with Crippen LogP contribution in [0, 0.1) is 0 Å². The third-order valence-electron chi connectivity index (χ3n) is 4.73. The number of rotatable bonds is 5. The molecular formula is C19H26N4O. The second-order valence-corrected chi connectivity index (χ2v) is 6.89. The van der Waals surface area contributed by atoms with Crippen LogP contribution in [0.3, 0.4) is 0 Å². The summed E-state index contributed by atoms with van der Waals surface area (Å²) in [5.74, 6) is 0.0812. The van der Waals surface area contributed by atoms with E-state index in [9.17, 15) is 4.79 Å². The first-order chi connectivity index (χ1) is 11.6. The third kappa shape index (κ3) is 3.83. The molecular weight excluding hydrogens is 300 g/mol. The van der Waals surface area contributed by atoms with Crippen molar-refractivity contribution in [2.45, 2.75) is 64.6 Å². The minimum Gasteiger partial charge on any atom is -0.331 e. The molecule has 0 atom stereocenters. The molecule has 2 aromatic heterocycles. The lowest BCUT2D eigenvalue weighted by Gasteiger charge is -2.34. The number of nitrogens with zero attached hydrogens (tertiary/aromatic N) is 4. The number of carbonyl (C=O) groups is 1. The second-order valence-electron chi connectivity index (χ2n) is 6.89. The molecule has 5 nitrogen and oxygen atoms in total. The van der Waals surface area contributed by atoms with Crippen LogP contribution in [0.25, 0.3) is 0 Å². The Morgan fingerprint density at radius 3 is 2.71 bits per heavy atom. The molecule has 0 radical (unpaired) electrons. The summed E-state index contributed by atoms with van der Waals surface area (Å²) >= 11 is 0. The standard InChI is InChI=1S/C19H26N4O/c1-15(2)23-14-17(12-21-23)19(24)22(18-8-4-3-5-9-18)13-16-7-6-10-20-11-16/h6-7,10-12,14-15,18H,3-5,8-9,13H2,1-2H3. The summed E-state index contributed by atoms with van der Waals surface area (Å²) in [5.41, 5.74) is 1.76. The topological polar surface area (TPSA) is 51.0 Å². The Morgan fingerprint density at radius 1 is 1.29 bits per heavy atom. The SMILES string of the molecule is CC(C)n1cc(C(=O)N(Cc2cccnc2)C2CCCCC2)cn1. The molecule has 24 heavy (non-hydrogen) atoms. The van der Waals surface area contributed by atoms with Crippen LogP contribution >= 0.6 is 0 Å². The molecule has 0 aliphatic heterocycles. The van der Waals surface area contributed by atoms with Gasteiger partial charge in [-0.3, -0.25) is 14.5 Å². The summed E-state index contributed by atoms with van der Waals surface area (Å²) in [5, 5.41) is 4.33. The van der Waals surface area contributed by atoms with E-state index in [4.69, 9.17) is 0 Å². The Bertz CT molecular complexity index is 659. The first-order valence-electron chi connectivity index (χ1n) is 8.89. The van der Waals surface area contributed by atoms with E-state index in [0.29, 0.717) is 18.2 Å². The number of pyridine rings is 1. The zero-order chi connectivity index (χ0) is 16.9. The van der Waals surface area contributed by atoms with Crippen LogP contribution in [-0.4, -0.2) is 31.6 Å². The zero-order valence-corrected chi connectivity index (χ0v) is 14.6. The lowest BCUT2D eigenvalue weighted by molar-refractivity contribution is 0.0614. The van der Waals surface area contributed by atoms with E-state index in [1.165, 1.54) is 19.3 Å². The van der Waals surface area contributed by atoms with Gasteiger partial charge in [0.1, 0.15) is 0 Å². The van der Waals surface area contributed by atoms with E-state index in [1.807, 2.05) is 34.1 Å². The van der Waals surface area contributed by atoms with Crippen LogP contribution in [-0.2, 0) is 6.54 Å². The summed E-state index contributed by atoms with van der Waals surface area (Å²) < 4.78 is 1.84. The quantitative estimate of drug-likeness (QED) is 0.839. The van der Waals surface area contributed by atoms with E-state index in [-0.39, 0.29) is 11.9 Å². The van der Waals surface area contributed by atoms with Gasteiger partial charge in [-0.25, -0.2) is 0 Å². The fraction of sp³-hybridized carbons (Fsp3) is 0.526. The maximum atomic E-state index is 13.1. The molecule has 0 spiro atoms. The minimum absolute atomic E-state index is 0.0812. The van der Waals surface area contributed by atoms with Gasteiger partial charge in [-0.05, 0) is 38.3 Å². The van der Waals surface area contributed by atoms with Crippen molar-refractivity contribution in [3.8, 4) is 0 Å². The van der Waals surface area contributed by atoms with Gasteiger partial charge in [0.05, 0.1) is 11.8 Å². The van der Waals surface area contributed by atoms with E-state index in [1.54, 1.807) is 12.4 Å². The molecule has 2 aromatic rings. The van der Waals surface area contributed by atoms with Crippen molar-refractivity contribution in [3.63, 3.8) is 0 Å². The molecule has 1 amide bonds. The highest BCUT2D eigenvalue weighted by atomic mass is 16.2. The molecule has 0 N–H and O–H groups in total. The van der Waals surface area contributed by atoms with E-state index in [2.05, 4.69) is 23.9 Å². The highest BCUT2D eigenvalue weighted by Gasteiger charge is 2.27. The van der Waals surface area contributed by atoms with Crippen LogP contribution < -0.4 is 0 Å². The first kappa shape index (κ1) is 16.7. The lowest BCUT2D eigenvalue weighted by Crippen LogP contribution is -2.40. The predicted octanol–water partition coefficient (Wildman–Crippen LogP) is 3.83. The largest absolute Gasteiger partial charge is 0.331 e. The van der Waals surface area contributed by atoms with E-state index < -0.39 is 0 Å². The lowest BCUT2D eigenvalue weighted by atomic mass is 9.93. The Hall–Kier alpha value is -2.17. The van der Waals surface area contributed by atoms with Crippen molar-refractivity contribution in [3.05, 3.63) is 48.0 Å². The van der Waals surface area contributed by atoms with Crippen LogP contribution in [0.5, 0.6) is 0 Å². The molecule has 1 aliphatic rings. The number of aromatic nitrogens is 3. The molecule has 0 unspecified atom stereocenters. The van der Waals surface area contributed by atoms with Crippen molar-refractivity contribution in [2.24, 2.45) is 0 Å². The van der Waals surface area contributed by atoms with Gasteiger partial charge in [-0.2, -0.15) is 5.10 Å². The molecule has 0 aromatic carbocycles. The number of hydrogen-bond acceptors (Lipinski definition) is 3. The molecule has 1 aliphatic carbocycles. The molecule has 1 saturated carbocycles. The van der Waals surface area contributed by atoms with Gasteiger partial charge >= 0.3 is 0 Å². The van der Waals surface area contributed by atoms with Crippen molar-refractivity contribution >= 4 is 5.91 Å². The van der Waals surface area contributed by atoms with Gasteiger partial charge in [0.15, 0.2) is 0 Å². The average molecular weight is 326 g/mol. The first-order valence-corrected chi connectivity index (χ1v) is 8.89. The van der Waals surface area contributed by atoms with Crippen LogP contribution in [0.4, 0.5) is 0 Å². The maximum absolute atomic E-state index is 13.1. The van der Waals surface area contributed by atoms with Crippen LogP contribution in [0.1, 0.15) is 67.9 Å². The fourth-order valence-electron chi connectivity index (χ4n) is 3.34. The average Bonchev–Trinajstić information content (AvgIpc) is 3.11. The van der Waals surface area contributed by atoms with Crippen LogP contribution in [0.15, 0.2) is 36.9 Å². The van der Waals surface area contributed by atoms with Crippen molar-refractivity contribution in [1.82, 2.24) is 19.7 Å². The molecule has 3 rings (SSSR count). The molecule has 1 fully saturated rings. The molecule has 2 heterocycles. The number of hydrogen-bond donors (Lipinski definition) is 0. The number of carbonyl (C=O) groups excluding carboxylic acids is 1. The van der Waals surface area contributed by atoms with Crippen molar-refractivity contribution in [2.75, 3.05) is 0 Å². The van der Waals surface area contributed by atoms with Crippen molar-refractivity contribution in [1.29, 1.82) is 0 Å². The predicted molar refractivity (Wildman–Crippen MR) is 93.6 cm³/mol. The summed E-state index contributed by atoms with van der Waals surface area (Å²) in [6, 6.07) is 4.53. The number of amides is 1. The highest BCUT2D eigenvalue weighted by molar-refractivity contribution is 5.94. The Kier molecular flexibility index (Phi) is 5.28. The molecule has 0 bridgehead atoms. The molecule has 0 saturated heterocycles. The molecule has 5 heteroatoms. The third-order valence-corrected chi connectivity index (χ3v) is 4.73. The van der Waals surface area contributed by atoms with E-state index >= 15 is 0 Å². The van der Waals surface area contributed by atoms with Gasteiger partial charge in [0.2, 0.25) is 0 Å². The summed E-state index contributed by atoms with van der Waals surface area (Å²) in [6.45, 7) is 4.75. The van der Waals surface area contributed by atoms with Gasteiger partial charge < -0.3 is 4.90 Å². The van der Waals surface area contributed by atoms with Gasteiger partial charge in [0.25, 0.3) is 5.91 Å². The monoisotopic (exact) mass is 326 g/mol. The zero-order valence-electron chi connectivity index (χ0n) is 14.6. The van der Waals surface area contributed by atoms with Gasteiger partial charge in [-0.15, -0.1) is 0 Å². The minimum atomic E-state index is 0.0812. The van der Waals surface area contributed by atoms with Crippen LogP contribution in [0.2, 0.25) is 0 Å². The smallest absolute Gasteiger partial charge is 0.257 e. The fourth-order valence-corrected chi connectivity index (χ4v) is 3.34. The normalized spacial score (nSPS) is 15.6. The second kappa shape index (κ2) is 7.60. The van der Waals surface area contributed by atoms with Crippen molar-refractivity contribution < 1.29 is 4.79 Å². The summed E-state index contributed by atoms with van der Waals surface area (Å²) in [4.78, 5) is 19.4. The molecule has 128 valence electrons. The Labute approximate surface area is 143 Å². The van der Waals surface area contributed by atoms with Gasteiger partial charge in [0, 0.05) is 37.2 Å². The highest BCUT2D eigenvalue weighted by Crippen LogP contribution is 2.25. The summed E-state index contributed by atoms with van der Waals surface area (Å²) in [7, 11) is 0. The van der Waals surface area contributed by atoms with Gasteiger partial charge in [-0.1, -0.05) is 25.3 Å².